The number of nitrogens with zero attached hydrogens (tertiary/aromatic N) is 3. The molecule has 1 atom stereocenters. The number of piperidine rings is 1. The van der Waals surface area contributed by atoms with Crippen molar-refractivity contribution in [2.75, 3.05) is 18.0 Å². The van der Waals surface area contributed by atoms with Crippen LogP contribution < -0.4 is 4.90 Å². The molecule has 1 aromatic heterocycles. The van der Waals surface area contributed by atoms with Crippen molar-refractivity contribution in [3.63, 3.8) is 0 Å². The van der Waals surface area contributed by atoms with Crippen molar-refractivity contribution >= 4 is 5.82 Å². The molecule has 1 aliphatic heterocycles. The first-order valence-electron chi connectivity index (χ1n) is 4.66. The average Bonchev–Trinajstić information content (AvgIpc) is 2.18. The van der Waals surface area contributed by atoms with E-state index in [-0.39, 0.29) is 6.10 Å². The highest BCUT2D eigenvalue weighted by atomic mass is 19.1. The summed E-state index contributed by atoms with van der Waals surface area (Å²) in [4.78, 5) is 9.20. The van der Waals surface area contributed by atoms with Crippen LogP contribution in [0.3, 0.4) is 0 Å². The summed E-state index contributed by atoms with van der Waals surface area (Å²) in [6.07, 6.45) is 3.73. The Labute approximate surface area is 81.4 Å². The molecular weight excluding hydrogens is 185 g/mol. The number of aliphatic hydroxyl groups is 1. The number of aliphatic hydroxyl groups excluding tert-OH is 1. The zero-order chi connectivity index (χ0) is 9.97. The largest absolute Gasteiger partial charge is 0.391 e. The number of β-amino-alcohol motifs (C(OH)–C–C–N with tert-alkyl or cyclic N) is 1. The minimum absolute atomic E-state index is 0.291. The molecule has 0 amide bonds. The van der Waals surface area contributed by atoms with E-state index in [1.807, 2.05) is 0 Å². The van der Waals surface area contributed by atoms with Gasteiger partial charge in [-0.3, -0.25) is 0 Å². The lowest BCUT2D eigenvalue weighted by molar-refractivity contribution is 0.153. The van der Waals surface area contributed by atoms with E-state index in [2.05, 4.69) is 9.97 Å². The van der Waals surface area contributed by atoms with Crippen molar-refractivity contribution in [3.05, 3.63) is 18.3 Å². The molecule has 1 N–H and O–H groups in total. The molecule has 14 heavy (non-hydrogen) atoms. The van der Waals surface area contributed by atoms with Crippen LogP contribution in [0.4, 0.5) is 10.2 Å². The van der Waals surface area contributed by atoms with Gasteiger partial charge in [-0.15, -0.1) is 0 Å². The van der Waals surface area contributed by atoms with Crippen LogP contribution in [0.15, 0.2) is 12.5 Å². The second-order valence-electron chi connectivity index (χ2n) is 3.44. The smallest absolute Gasteiger partial charge is 0.183 e. The number of rotatable bonds is 1. The van der Waals surface area contributed by atoms with Gasteiger partial charge in [0.2, 0.25) is 0 Å². The molecule has 1 aromatic rings. The predicted octanol–water partition coefficient (Wildman–Crippen LogP) is 0.577. The van der Waals surface area contributed by atoms with Gasteiger partial charge < -0.3 is 10.0 Å². The van der Waals surface area contributed by atoms with E-state index >= 15 is 0 Å². The number of hydrogen-bond donors (Lipinski definition) is 1. The Kier molecular flexibility index (Phi) is 2.58. The Morgan fingerprint density at radius 1 is 1.57 bits per heavy atom. The predicted molar refractivity (Wildman–Crippen MR) is 49.4 cm³/mol. The summed E-state index contributed by atoms with van der Waals surface area (Å²) in [5, 5.41) is 9.42. The average molecular weight is 197 g/mol. The van der Waals surface area contributed by atoms with Gasteiger partial charge in [0.05, 0.1) is 12.3 Å². The molecule has 0 saturated carbocycles. The third-order valence-corrected chi connectivity index (χ3v) is 2.34. The van der Waals surface area contributed by atoms with E-state index in [4.69, 9.17) is 0 Å². The lowest BCUT2D eigenvalue weighted by Gasteiger charge is -2.30. The van der Waals surface area contributed by atoms with Crippen molar-refractivity contribution < 1.29 is 9.50 Å². The number of hydrogen-bond acceptors (Lipinski definition) is 4. The standard InChI is InChI=1S/C9H12FN3O/c10-8-4-11-6-12-9(8)13-3-1-2-7(14)5-13/h4,6-7,14H,1-3,5H2. The van der Waals surface area contributed by atoms with Crippen molar-refractivity contribution in [3.8, 4) is 0 Å². The molecule has 2 heterocycles. The van der Waals surface area contributed by atoms with Gasteiger partial charge in [-0.05, 0) is 12.8 Å². The van der Waals surface area contributed by atoms with Gasteiger partial charge >= 0.3 is 0 Å². The topological polar surface area (TPSA) is 49.2 Å². The van der Waals surface area contributed by atoms with Crippen LogP contribution in [0.2, 0.25) is 0 Å². The lowest BCUT2D eigenvalue weighted by atomic mass is 10.1. The van der Waals surface area contributed by atoms with Gasteiger partial charge in [0, 0.05) is 13.1 Å². The first kappa shape index (κ1) is 9.33. The monoisotopic (exact) mass is 197 g/mol. The van der Waals surface area contributed by atoms with Gasteiger partial charge in [-0.1, -0.05) is 0 Å². The molecule has 0 aromatic carbocycles. The van der Waals surface area contributed by atoms with E-state index in [1.54, 1.807) is 4.90 Å². The van der Waals surface area contributed by atoms with Crippen molar-refractivity contribution in [1.29, 1.82) is 0 Å². The normalized spacial score (nSPS) is 22.4. The molecule has 4 nitrogen and oxygen atoms in total. The fraction of sp³-hybridized carbons (Fsp3) is 0.556. The van der Waals surface area contributed by atoms with Crippen LogP contribution in [0.25, 0.3) is 0 Å². The maximum absolute atomic E-state index is 13.3. The van der Waals surface area contributed by atoms with E-state index in [0.717, 1.165) is 25.6 Å². The first-order chi connectivity index (χ1) is 6.77. The van der Waals surface area contributed by atoms with Gasteiger partial charge in [-0.25, -0.2) is 14.4 Å². The zero-order valence-corrected chi connectivity index (χ0v) is 7.73. The highest BCUT2D eigenvalue weighted by Crippen LogP contribution is 2.19. The summed E-state index contributed by atoms with van der Waals surface area (Å²) in [6.45, 7) is 1.19. The molecule has 0 bridgehead atoms. The fourth-order valence-corrected chi connectivity index (χ4v) is 1.69. The number of aromatic nitrogens is 2. The van der Waals surface area contributed by atoms with Crippen LogP contribution in [0.1, 0.15) is 12.8 Å². The summed E-state index contributed by atoms with van der Waals surface area (Å²) in [5.41, 5.74) is 0. The van der Waals surface area contributed by atoms with Crippen LogP contribution in [0, 0.1) is 5.82 Å². The lowest BCUT2D eigenvalue weighted by Crippen LogP contribution is -2.39. The zero-order valence-electron chi connectivity index (χ0n) is 7.73. The first-order valence-corrected chi connectivity index (χ1v) is 4.66. The minimum atomic E-state index is -0.429. The summed E-state index contributed by atoms with van der Waals surface area (Å²) < 4.78 is 13.3. The van der Waals surface area contributed by atoms with Crippen LogP contribution in [-0.2, 0) is 0 Å². The van der Waals surface area contributed by atoms with E-state index < -0.39 is 5.82 Å². The Balaban J connectivity index is 2.18. The Hall–Kier alpha value is -1.23. The quantitative estimate of drug-likeness (QED) is 0.715. The van der Waals surface area contributed by atoms with Crippen LogP contribution in [-0.4, -0.2) is 34.3 Å². The van der Waals surface area contributed by atoms with Gasteiger partial charge in [0.25, 0.3) is 0 Å². The van der Waals surface area contributed by atoms with Crippen LogP contribution >= 0.6 is 0 Å². The third-order valence-electron chi connectivity index (χ3n) is 2.34. The van der Waals surface area contributed by atoms with Gasteiger partial charge in [0.1, 0.15) is 6.33 Å². The third kappa shape index (κ3) is 1.82. The van der Waals surface area contributed by atoms with Gasteiger partial charge in [0.15, 0.2) is 11.6 Å². The summed E-state index contributed by atoms with van der Waals surface area (Å²) in [5.74, 6) is -0.139. The highest BCUT2D eigenvalue weighted by Gasteiger charge is 2.20. The highest BCUT2D eigenvalue weighted by molar-refractivity contribution is 5.38. The van der Waals surface area contributed by atoms with Crippen LogP contribution in [0.5, 0.6) is 0 Å². The minimum Gasteiger partial charge on any atom is -0.391 e. The summed E-state index contributed by atoms with van der Waals surface area (Å²) in [6, 6.07) is 0. The SMILES string of the molecule is OC1CCCN(c2ncncc2F)C1. The molecule has 0 radical (unpaired) electrons. The molecule has 2 rings (SSSR count). The molecule has 76 valence electrons. The van der Waals surface area contributed by atoms with E-state index in [9.17, 15) is 9.50 Å². The number of halogens is 1. The molecule has 0 spiro atoms. The molecule has 1 unspecified atom stereocenters. The maximum Gasteiger partial charge on any atom is 0.183 e. The van der Waals surface area contributed by atoms with Gasteiger partial charge in [-0.2, -0.15) is 0 Å². The molecule has 0 aliphatic carbocycles. The van der Waals surface area contributed by atoms with E-state index in [0.29, 0.717) is 12.4 Å². The maximum atomic E-state index is 13.3. The van der Waals surface area contributed by atoms with Crippen molar-refractivity contribution in [2.24, 2.45) is 0 Å². The Bertz CT molecular complexity index is 321. The molecule has 1 saturated heterocycles. The van der Waals surface area contributed by atoms with Crippen molar-refractivity contribution in [1.82, 2.24) is 9.97 Å². The molecular formula is C9H12FN3O. The summed E-state index contributed by atoms with van der Waals surface area (Å²) >= 11 is 0. The number of anilines is 1. The Morgan fingerprint density at radius 3 is 3.14 bits per heavy atom. The molecule has 5 heteroatoms. The second-order valence-corrected chi connectivity index (χ2v) is 3.44. The second kappa shape index (κ2) is 3.88. The molecule has 1 aliphatic rings. The molecule has 1 fully saturated rings. The van der Waals surface area contributed by atoms with E-state index in [1.165, 1.54) is 6.33 Å². The van der Waals surface area contributed by atoms with Crippen molar-refractivity contribution in [2.45, 2.75) is 18.9 Å². The fourth-order valence-electron chi connectivity index (χ4n) is 1.69. The Morgan fingerprint density at radius 2 is 2.43 bits per heavy atom. The summed E-state index contributed by atoms with van der Waals surface area (Å²) in [7, 11) is 0.